The van der Waals surface area contributed by atoms with Crippen LogP contribution in [0.4, 0.5) is 11.6 Å². The first-order valence-corrected chi connectivity index (χ1v) is 6.98. The Bertz CT molecular complexity index is 650. The van der Waals surface area contributed by atoms with E-state index in [0.717, 1.165) is 26.1 Å². The molecule has 0 aliphatic carbocycles. The minimum absolute atomic E-state index is 0.132. The molecule has 3 rings (SSSR count). The van der Waals surface area contributed by atoms with Crippen molar-refractivity contribution in [1.82, 2.24) is 14.6 Å². The van der Waals surface area contributed by atoms with Crippen LogP contribution in [0.3, 0.4) is 0 Å². The number of nitro groups is 1. The molecule has 0 aromatic carbocycles. The highest BCUT2D eigenvalue weighted by Gasteiger charge is 2.22. The highest BCUT2D eigenvalue weighted by Crippen LogP contribution is 2.22. The molecule has 0 amide bonds. The van der Waals surface area contributed by atoms with Crippen molar-refractivity contribution < 1.29 is 9.66 Å². The van der Waals surface area contributed by atoms with Gasteiger partial charge in [-0.05, 0) is 36.7 Å². The number of hydrogen-bond donors (Lipinski definition) is 1. The van der Waals surface area contributed by atoms with Crippen molar-refractivity contribution in [2.24, 2.45) is 5.92 Å². The monoisotopic (exact) mass is 291 g/mol. The Labute approximate surface area is 121 Å². The zero-order chi connectivity index (χ0) is 14.8. The third kappa shape index (κ3) is 2.80. The molecule has 2 aromatic heterocycles. The fourth-order valence-corrected chi connectivity index (χ4v) is 2.63. The molecule has 2 aromatic rings. The molecule has 3 heterocycles. The third-order valence-corrected chi connectivity index (χ3v) is 3.88. The van der Waals surface area contributed by atoms with Crippen LogP contribution < -0.4 is 5.32 Å². The van der Waals surface area contributed by atoms with Gasteiger partial charge in [0.2, 0.25) is 5.65 Å². The van der Waals surface area contributed by atoms with Crippen molar-refractivity contribution in [2.75, 3.05) is 18.5 Å². The number of imidazole rings is 1. The van der Waals surface area contributed by atoms with E-state index in [1.165, 1.54) is 10.7 Å². The second-order valence-electron chi connectivity index (χ2n) is 5.24. The Balaban J connectivity index is 1.80. The number of hydrogen-bond acceptors (Lipinski definition) is 6. The normalized spacial score (nSPS) is 17.8. The average molecular weight is 291 g/mol. The van der Waals surface area contributed by atoms with Crippen LogP contribution in [0.25, 0.3) is 5.65 Å². The summed E-state index contributed by atoms with van der Waals surface area (Å²) in [5.74, 6) is 1.00. The quantitative estimate of drug-likeness (QED) is 0.682. The van der Waals surface area contributed by atoms with Gasteiger partial charge in [-0.1, -0.05) is 9.61 Å². The zero-order valence-electron chi connectivity index (χ0n) is 11.7. The maximum absolute atomic E-state index is 10.9. The van der Waals surface area contributed by atoms with E-state index in [-0.39, 0.29) is 11.9 Å². The van der Waals surface area contributed by atoms with Gasteiger partial charge in [0.25, 0.3) is 0 Å². The van der Waals surface area contributed by atoms with Crippen LogP contribution in [-0.2, 0) is 4.74 Å². The lowest BCUT2D eigenvalue weighted by atomic mass is 9.93. The molecule has 1 fully saturated rings. The summed E-state index contributed by atoms with van der Waals surface area (Å²) in [5, 5.41) is 18.5. The van der Waals surface area contributed by atoms with E-state index >= 15 is 0 Å². The van der Waals surface area contributed by atoms with Gasteiger partial charge in [0.15, 0.2) is 5.82 Å². The van der Waals surface area contributed by atoms with E-state index in [1.807, 2.05) is 0 Å². The van der Waals surface area contributed by atoms with Gasteiger partial charge >= 0.3 is 5.82 Å². The molecule has 1 atom stereocenters. The van der Waals surface area contributed by atoms with E-state index in [0.29, 0.717) is 17.4 Å². The van der Waals surface area contributed by atoms with Crippen LogP contribution >= 0.6 is 0 Å². The second kappa shape index (κ2) is 5.65. The number of anilines is 1. The number of fused-ring (bicyclic) bond motifs is 1. The number of nitrogens with zero attached hydrogens (tertiary/aromatic N) is 4. The molecule has 1 aliphatic rings. The number of aromatic nitrogens is 3. The summed E-state index contributed by atoms with van der Waals surface area (Å²) < 4.78 is 6.61. The van der Waals surface area contributed by atoms with E-state index in [9.17, 15) is 10.1 Å². The second-order valence-corrected chi connectivity index (χ2v) is 5.24. The van der Waals surface area contributed by atoms with Gasteiger partial charge in [0, 0.05) is 25.3 Å². The van der Waals surface area contributed by atoms with Crippen molar-refractivity contribution in [3.05, 3.63) is 28.4 Å². The smallest absolute Gasteiger partial charge is 0.368 e. The summed E-state index contributed by atoms with van der Waals surface area (Å²) in [6, 6.07) is 3.75. The topological polar surface area (TPSA) is 94.6 Å². The number of rotatable bonds is 4. The van der Waals surface area contributed by atoms with Crippen molar-refractivity contribution >= 4 is 17.3 Å². The van der Waals surface area contributed by atoms with E-state index in [1.54, 1.807) is 12.1 Å². The van der Waals surface area contributed by atoms with Crippen molar-refractivity contribution in [1.29, 1.82) is 0 Å². The zero-order valence-corrected chi connectivity index (χ0v) is 11.7. The van der Waals surface area contributed by atoms with Gasteiger partial charge in [0.05, 0.1) is 0 Å². The first-order valence-electron chi connectivity index (χ1n) is 6.98. The lowest BCUT2D eigenvalue weighted by Crippen LogP contribution is -2.31. The van der Waals surface area contributed by atoms with Gasteiger partial charge < -0.3 is 20.2 Å². The summed E-state index contributed by atoms with van der Waals surface area (Å²) in [5.41, 5.74) is 0.464. The van der Waals surface area contributed by atoms with Gasteiger partial charge in [-0.3, -0.25) is 0 Å². The standard InChI is InChI=1S/C13H17N5O3/c1-9(10-4-6-21-7-5-10)15-11-2-3-12-14-8-13(18(19)20)17(12)16-11/h2-3,8-10H,4-7H2,1H3,(H,15,16). The highest BCUT2D eigenvalue weighted by molar-refractivity contribution is 5.48. The summed E-state index contributed by atoms with van der Waals surface area (Å²) in [6.07, 6.45) is 3.25. The highest BCUT2D eigenvalue weighted by atomic mass is 16.6. The van der Waals surface area contributed by atoms with E-state index < -0.39 is 4.92 Å². The van der Waals surface area contributed by atoms with Crippen molar-refractivity contribution in [3.63, 3.8) is 0 Å². The molecule has 112 valence electrons. The maximum atomic E-state index is 10.9. The lowest BCUT2D eigenvalue weighted by Gasteiger charge is -2.28. The largest absolute Gasteiger partial charge is 0.381 e. The molecule has 0 spiro atoms. The number of ether oxygens (including phenoxy) is 1. The van der Waals surface area contributed by atoms with Crippen LogP contribution in [0.5, 0.6) is 0 Å². The molecule has 21 heavy (non-hydrogen) atoms. The summed E-state index contributed by atoms with van der Waals surface area (Å²) in [6.45, 7) is 3.68. The minimum Gasteiger partial charge on any atom is -0.381 e. The first kappa shape index (κ1) is 13.7. The molecule has 1 aliphatic heterocycles. The summed E-state index contributed by atoms with van der Waals surface area (Å²) in [4.78, 5) is 14.4. The van der Waals surface area contributed by atoms with E-state index in [4.69, 9.17) is 4.74 Å². The maximum Gasteiger partial charge on any atom is 0.368 e. The van der Waals surface area contributed by atoms with E-state index in [2.05, 4.69) is 22.3 Å². The Hall–Kier alpha value is -2.22. The number of nitrogens with one attached hydrogen (secondary N) is 1. The molecule has 8 nitrogen and oxygen atoms in total. The Morgan fingerprint density at radius 3 is 2.95 bits per heavy atom. The summed E-state index contributed by atoms with van der Waals surface area (Å²) in [7, 11) is 0. The predicted molar refractivity (Wildman–Crippen MR) is 76.3 cm³/mol. The Kier molecular flexibility index (Phi) is 3.70. The lowest BCUT2D eigenvalue weighted by molar-refractivity contribution is -0.391. The third-order valence-electron chi connectivity index (χ3n) is 3.88. The average Bonchev–Trinajstić information content (AvgIpc) is 2.91. The Morgan fingerprint density at radius 1 is 1.48 bits per heavy atom. The molecule has 1 N–H and O–H groups in total. The van der Waals surface area contributed by atoms with Gasteiger partial charge in [0.1, 0.15) is 6.20 Å². The SMILES string of the molecule is CC(Nc1ccc2ncc([N+](=O)[O-])n2n1)C1CCOCC1. The van der Waals surface area contributed by atoms with Crippen LogP contribution in [0.2, 0.25) is 0 Å². The molecular weight excluding hydrogens is 274 g/mol. The van der Waals surface area contributed by atoms with Crippen LogP contribution in [0, 0.1) is 16.0 Å². The molecule has 1 saturated heterocycles. The first-order chi connectivity index (χ1) is 10.1. The van der Waals surface area contributed by atoms with Gasteiger partial charge in [-0.2, -0.15) is 0 Å². The molecule has 1 unspecified atom stereocenters. The molecule has 0 bridgehead atoms. The fourth-order valence-electron chi connectivity index (χ4n) is 2.63. The molecule has 8 heteroatoms. The van der Waals surface area contributed by atoms with Gasteiger partial charge in [-0.25, -0.2) is 4.98 Å². The predicted octanol–water partition coefficient (Wildman–Crippen LogP) is 1.86. The van der Waals surface area contributed by atoms with Crippen molar-refractivity contribution in [2.45, 2.75) is 25.8 Å². The molecule has 0 saturated carbocycles. The van der Waals surface area contributed by atoms with Crippen LogP contribution in [-0.4, -0.2) is 38.8 Å². The molecule has 0 radical (unpaired) electrons. The minimum atomic E-state index is -0.487. The Morgan fingerprint density at radius 2 is 2.24 bits per heavy atom. The van der Waals surface area contributed by atoms with Gasteiger partial charge in [-0.15, -0.1) is 0 Å². The summed E-state index contributed by atoms with van der Waals surface area (Å²) >= 11 is 0. The van der Waals surface area contributed by atoms with Crippen LogP contribution in [0.15, 0.2) is 18.3 Å². The van der Waals surface area contributed by atoms with Crippen LogP contribution in [0.1, 0.15) is 19.8 Å². The molecular formula is C13H17N5O3. The van der Waals surface area contributed by atoms with Crippen molar-refractivity contribution in [3.8, 4) is 0 Å². The fraction of sp³-hybridized carbons (Fsp3) is 0.538.